The van der Waals surface area contributed by atoms with Crippen molar-refractivity contribution in [1.29, 1.82) is 0 Å². The Morgan fingerprint density at radius 1 is 1.34 bits per heavy atom. The standard InChI is InChI=1S/C15H11Cl2N7O5S3/c16-9-12(23-32-22-9)30-4-2-1-3-5(13(26)24(3)8(4)14(27)28)19-11(25)7(21-29)6-10(17)31-15(18)20-6/h3,5,29H,1-2H2,(H2,18,20)(H,19,25)(H,27,28)/b21-7-. The third kappa shape index (κ3) is 3.90. The molecule has 0 spiro atoms. The zero-order valence-electron chi connectivity index (χ0n) is 15.5. The number of fused-ring (bicyclic) bond motifs is 1. The monoisotopic (exact) mass is 535 g/mol. The maximum Gasteiger partial charge on any atom is 0.353 e. The molecule has 2 aromatic heterocycles. The van der Waals surface area contributed by atoms with Gasteiger partial charge in [0.2, 0.25) is 0 Å². The lowest BCUT2D eigenvalue weighted by atomic mass is 9.86. The molecule has 2 amide bonds. The largest absolute Gasteiger partial charge is 0.477 e. The highest BCUT2D eigenvalue weighted by Gasteiger charge is 2.54. The van der Waals surface area contributed by atoms with Crippen molar-refractivity contribution >= 4 is 86.7 Å². The van der Waals surface area contributed by atoms with Crippen LogP contribution in [0.25, 0.3) is 0 Å². The van der Waals surface area contributed by atoms with Gasteiger partial charge in [-0.15, -0.1) is 0 Å². The van der Waals surface area contributed by atoms with Crippen molar-refractivity contribution < 1.29 is 24.7 Å². The summed E-state index contributed by atoms with van der Waals surface area (Å²) in [6.07, 6.45) is 0.692. The third-order valence-corrected chi connectivity index (χ3v) is 7.99. The molecule has 168 valence electrons. The van der Waals surface area contributed by atoms with Crippen LogP contribution in [0.2, 0.25) is 9.49 Å². The second-order valence-electron chi connectivity index (χ2n) is 6.43. The topological polar surface area (TPSA) is 184 Å². The van der Waals surface area contributed by atoms with E-state index in [4.69, 9.17) is 28.9 Å². The van der Waals surface area contributed by atoms with Gasteiger partial charge >= 0.3 is 5.97 Å². The van der Waals surface area contributed by atoms with Crippen LogP contribution >= 0.6 is 58.0 Å². The fourth-order valence-electron chi connectivity index (χ4n) is 3.35. The van der Waals surface area contributed by atoms with Crippen molar-refractivity contribution in [3.05, 3.63) is 25.8 Å². The molecule has 4 heterocycles. The van der Waals surface area contributed by atoms with Crippen LogP contribution in [0.1, 0.15) is 18.5 Å². The maximum atomic E-state index is 12.8. The number of nitrogens with one attached hydrogen (secondary N) is 1. The number of carbonyl (C=O) groups excluding carboxylic acids is 2. The number of aliphatic carboxylic acids is 1. The van der Waals surface area contributed by atoms with E-state index < -0.39 is 35.6 Å². The number of carboxylic acids is 1. The summed E-state index contributed by atoms with van der Waals surface area (Å²) in [7, 11) is 0. The molecular formula is C15H11Cl2N7O5S3. The van der Waals surface area contributed by atoms with Gasteiger partial charge in [-0.2, -0.15) is 8.75 Å². The van der Waals surface area contributed by atoms with E-state index in [1.165, 1.54) is 0 Å². The SMILES string of the molecule is Nc1nc(/C(=N/O)C(=O)NC2C(=O)N3C(C(=O)O)=C(Sc4nsnc4Cl)CCC23)c(Cl)s1. The molecule has 2 atom stereocenters. The summed E-state index contributed by atoms with van der Waals surface area (Å²) in [6.45, 7) is 0. The lowest BCUT2D eigenvalue weighted by Crippen LogP contribution is -2.72. The Kier molecular flexibility index (Phi) is 6.26. The first-order chi connectivity index (χ1) is 15.2. The van der Waals surface area contributed by atoms with Crippen LogP contribution in [0.5, 0.6) is 0 Å². The Bertz CT molecular complexity index is 1200. The van der Waals surface area contributed by atoms with E-state index in [9.17, 15) is 24.7 Å². The summed E-state index contributed by atoms with van der Waals surface area (Å²) in [5, 5.41) is 24.9. The molecule has 0 radical (unpaired) electrons. The molecule has 2 aliphatic rings. The number of oxime groups is 1. The molecule has 5 N–H and O–H groups in total. The maximum absolute atomic E-state index is 12.8. The van der Waals surface area contributed by atoms with E-state index in [1.54, 1.807) is 0 Å². The number of β-lactam (4-membered cyclic amide) rings is 1. The summed E-state index contributed by atoms with van der Waals surface area (Å²) in [5.74, 6) is -2.82. The van der Waals surface area contributed by atoms with Crippen molar-refractivity contribution in [3.63, 3.8) is 0 Å². The molecular weight excluding hydrogens is 525 g/mol. The molecule has 17 heteroatoms. The number of carbonyl (C=O) groups is 3. The number of rotatable bonds is 6. The van der Waals surface area contributed by atoms with Gasteiger partial charge in [-0.1, -0.05) is 51.5 Å². The summed E-state index contributed by atoms with van der Waals surface area (Å²) in [6, 6.07) is -1.61. The molecule has 12 nitrogen and oxygen atoms in total. The van der Waals surface area contributed by atoms with Crippen LogP contribution in [-0.4, -0.2) is 64.5 Å². The Balaban J connectivity index is 1.54. The fourth-order valence-corrected chi connectivity index (χ4v) is 6.11. The number of amides is 2. The van der Waals surface area contributed by atoms with Crippen molar-refractivity contribution in [3.8, 4) is 0 Å². The van der Waals surface area contributed by atoms with Crippen LogP contribution < -0.4 is 11.1 Å². The number of thioether (sulfide) groups is 1. The van der Waals surface area contributed by atoms with Crippen LogP contribution in [0.3, 0.4) is 0 Å². The number of nitrogen functional groups attached to an aromatic ring is 1. The Hall–Kier alpha value is -2.46. The lowest BCUT2D eigenvalue weighted by Gasteiger charge is -2.50. The number of aromatic nitrogens is 3. The van der Waals surface area contributed by atoms with Gasteiger partial charge < -0.3 is 21.4 Å². The van der Waals surface area contributed by atoms with Crippen molar-refractivity contribution in [2.24, 2.45) is 5.16 Å². The lowest BCUT2D eigenvalue weighted by molar-refractivity contribution is -0.155. The van der Waals surface area contributed by atoms with Gasteiger partial charge in [0, 0.05) is 4.91 Å². The average molecular weight is 536 g/mol. The van der Waals surface area contributed by atoms with E-state index in [-0.39, 0.29) is 26.0 Å². The number of nitrogens with two attached hydrogens (primary N) is 1. The number of hydrogen-bond donors (Lipinski definition) is 4. The van der Waals surface area contributed by atoms with Crippen LogP contribution in [0.4, 0.5) is 5.13 Å². The van der Waals surface area contributed by atoms with Gasteiger partial charge in [-0.25, -0.2) is 9.78 Å². The van der Waals surface area contributed by atoms with E-state index in [1.807, 2.05) is 0 Å². The van der Waals surface area contributed by atoms with E-state index in [0.29, 0.717) is 22.8 Å². The number of carboxylic acid groups (broad SMARTS) is 1. The van der Waals surface area contributed by atoms with E-state index in [0.717, 1.165) is 39.7 Å². The molecule has 32 heavy (non-hydrogen) atoms. The van der Waals surface area contributed by atoms with Crippen molar-refractivity contribution in [2.75, 3.05) is 5.73 Å². The summed E-state index contributed by atoms with van der Waals surface area (Å²) < 4.78 is 7.90. The summed E-state index contributed by atoms with van der Waals surface area (Å²) >= 11 is 14.7. The quantitative estimate of drug-likeness (QED) is 0.183. The Morgan fingerprint density at radius 3 is 2.66 bits per heavy atom. The molecule has 0 saturated carbocycles. The number of hydrogen-bond acceptors (Lipinski definition) is 12. The molecule has 1 fully saturated rings. The number of nitrogens with zero attached hydrogens (tertiary/aromatic N) is 5. The predicted molar refractivity (Wildman–Crippen MR) is 117 cm³/mol. The zero-order valence-corrected chi connectivity index (χ0v) is 19.4. The van der Waals surface area contributed by atoms with Crippen LogP contribution in [0, 0.1) is 0 Å². The van der Waals surface area contributed by atoms with Crippen LogP contribution in [-0.2, 0) is 14.4 Å². The van der Waals surface area contributed by atoms with Crippen molar-refractivity contribution in [2.45, 2.75) is 30.0 Å². The molecule has 0 aromatic carbocycles. The van der Waals surface area contributed by atoms with Crippen LogP contribution in [0.15, 0.2) is 20.8 Å². The Labute approximate surface area is 201 Å². The van der Waals surface area contributed by atoms with E-state index >= 15 is 0 Å². The van der Waals surface area contributed by atoms with Gasteiger partial charge in [0.1, 0.15) is 21.8 Å². The number of halogens is 2. The molecule has 2 unspecified atom stereocenters. The number of thiazole rings is 1. The molecule has 1 saturated heterocycles. The molecule has 0 bridgehead atoms. The second kappa shape index (κ2) is 8.82. The summed E-state index contributed by atoms with van der Waals surface area (Å²) in [4.78, 5) is 42.7. The van der Waals surface area contributed by atoms with Gasteiger partial charge in [-0.05, 0) is 12.8 Å². The molecule has 4 rings (SSSR count). The fraction of sp³-hybridized carbons (Fsp3) is 0.267. The first-order valence-electron chi connectivity index (χ1n) is 8.63. The van der Waals surface area contributed by atoms with Gasteiger partial charge in [0.25, 0.3) is 11.8 Å². The van der Waals surface area contributed by atoms with Crippen molar-refractivity contribution in [1.82, 2.24) is 23.9 Å². The normalized spacial score (nSPS) is 20.8. The molecule has 2 aliphatic heterocycles. The highest BCUT2D eigenvalue weighted by molar-refractivity contribution is 8.03. The average Bonchev–Trinajstić information content (AvgIpc) is 3.30. The first kappa shape index (κ1) is 22.7. The molecule has 0 aliphatic carbocycles. The number of allylic oxidation sites excluding steroid dienone is 1. The minimum atomic E-state index is -1.29. The minimum Gasteiger partial charge on any atom is -0.477 e. The molecule has 2 aromatic rings. The minimum absolute atomic E-state index is 0.0395. The van der Waals surface area contributed by atoms with E-state index in [2.05, 4.69) is 24.2 Å². The van der Waals surface area contributed by atoms with Gasteiger partial charge in [-0.3, -0.25) is 14.5 Å². The number of anilines is 1. The predicted octanol–water partition coefficient (Wildman–Crippen LogP) is 1.64. The Morgan fingerprint density at radius 2 is 2.09 bits per heavy atom. The van der Waals surface area contributed by atoms with Gasteiger partial charge in [0.05, 0.1) is 17.8 Å². The summed E-state index contributed by atoms with van der Waals surface area (Å²) in [5.41, 5.74) is 4.71. The smallest absolute Gasteiger partial charge is 0.353 e. The highest BCUT2D eigenvalue weighted by Crippen LogP contribution is 2.44. The highest BCUT2D eigenvalue weighted by atomic mass is 35.5. The zero-order chi connectivity index (χ0) is 23.2. The third-order valence-electron chi connectivity index (χ3n) is 4.66. The first-order valence-corrected chi connectivity index (χ1v) is 11.7. The second-order valence-corrected chi connectivity index (χ2v) is 10.0. The van der Waals surface area contributed by atoms with Gasteiger partial charge in [0.15, 0.2) is 21.0 Å².